The van der Waals surface area contributed by atoms with Crippen LogP contribution in [-0.2, 0) is 4.79 Å². The van der Waals surface area contributed by atoms with Gasteiger partial charge in [0.05, 0.1) is 0 Å². The lowest BCUT2D eigenvalue weighted by atomic mass is 10.3. The van der Waals surface area contributed by atoms with Gasteiger partial charge in [-0.05, 0) is 43.0 Å². The summed E-state index contributed by atoms with van der Waals surface area (Å²) < 4.78 is 2.29. The Bertz CT molecular complexity index is 1070. The van der Waals surface area contributed by atoms with Crippen molar-refractivity contribution < 1.29 is 4.79 Å². The quantitative estimate of drug-likeness (QED) is 0.223. The van der Waals surface area contributed by atoms with Crippen molar-refractivity contribution in [3.05, 3.63) is 42.1 Å². The van der Waals surface area contributed by atoms with E-state index in [9.17, 15) is 4.79 Å². The van der Waals surface area contributed by atoms with Crippen LogP contribution >= 0.6 is 34.6 Å². The number of hydrogen-bond donors (Lipinski definition) is 3. The summed E-state index contributed by atoms with van der Waals surface area (Å²) in [5.41, 5.74) is 1.76. The maximum absolute atomic E-state index is 11.6. The molecule has 1 aliphatic rings. The number of amides is 1. The Hall–Kier alpha value is -2.38. The highest BCUT2D eigenvalue weighted by Gasteiger charge is 2.18. The van der Waals surface area contributed by atoms with Gasteiger partial charge in [-0.15, -0.1) is 0 Å². The molecule has 4 rings (SSSR count). The third-order valence-corrected chi connectivity index (χ3v) is 6.71. The van der Waals surface area contributed by atoms with Gasteiger partial charge in [-0.1, -0.05) is 6.92 Å². The number of hydrogen-bond acceptors (Lipinski definition) is 8. The van der Waals surface area contributed by atoms with Gasteiger partial charge in [0.1, 0.15) is 11.6 Å². The summed E-state index contributed by atoms with van der Waals surface area (Å²) in [7, 11) is 0. The highest BCUT2D eigenvalue weighted by Crippen LogP contribution is 2.30. The lowest BCUT2D eigenvalue weighted by Crippen LogP contribution is -2.42. The maximum atomic E-state index is 11.6. The summed E-state index contributed by atoms with van der Waals surface area (Å²) in [5, 5.41) is 14.0. The summed E-state index contributed by atoms with van der Waals surface area (Å²) in [4.78, 5) is 24.4. The zero-order valence-electron chi connectivity index (χ0n) is 17.9. The van der Waals surface area contributed by atoms with Crippen molar-refractivity contribution in [2.75, 3.05) is 41.7 Å². The van der Waals surface area contributed by atoms with Gasteiger partial charge < -0.3 is 15.5 Å². The fourth-order valence-electron chi connectivity index (χ4n) is 3.17. The molecule has 0 spiro atoms. The van der Waals surface area contributed by atoms with E-state index in [0.29, 0.717) is 17.4 Å². The standard InChI is InChI=1S/C21H25IN8OS/c1-3-20(31)23-15-4-6-16(7-5-15)32-21-25-17(24-18-12-14(2)27-28-18)13-19(26-21)29-8-10-30(22)11-9-29/h4-7,12-13H,3,8-11H2,1-2H3,(H,23,31)(H2,24,25,26,27,28). The number of carbonyl (C=O) groups excluding carboxylic acids is 1. The van der Waals surface area contributed by atoms with Crippen molar-refractivity contribution in [2.45, 2.75) is 30.3 Å². The first-order valence-electron chi connectivity index (χ1n) is 10.4. The van der Waals surface area contributed by atoms with Crippen molar-refractivity contribution in [2.24, 2.45) is 0 Å². The van der Waals surface area contributed by atoms with Crippen LogP contribution in [0.15, 0.2) is 46.5 Å². The Morgan fingerprint density at radius 3 is 2.53 bits per heavy atom. The van der Waals surface area contributed by atoms with Crippen molar-refractivity contribution in [1.29, 1.82) is 0 Å². The van der Waals surface area contributed by atoms with Crippen LogP contribution in [0.25, 0.3) is 0 Å². The van der Waals surface area contributed by atoms with E-state index in [-0.39, 0.29) is 5.91 Å². The van der Waals surface area contributed by atoms with Gasteiger partial charge in [0.2, 0.25) is 5.91 Å². The Labute approximate surface area is 205 Å². The largest absolute Gasteiger partial charge is 0.354 e. The Morgan fingerprint density at radius 2 is 1.88 bits per heavy atom. The van der Waals surface area contributed by atoms with E-state index in [2.05, 4.69) is 51.7 Å². The number of anilines is 4. The summed E-state index contributed by atoms with van der Waals surface area (Å²) in [6.45, 7) is 7.59. The number of H-pyrrole nitrogens is 1. The summed E-state index contributed by atoms with van der Waals surface area (Å²) in [6.07, 6.45) is 0.453. The molecule has 168 valence electrons. The summed E-state index contributed by atoms with van der Waals surface area (Å²) >= 11 is 3.85. The number of rotatable bonds is 7. The molecule has 1 amide bonds. The molecule has 1 aromatic carbocycles. The molecule has 3 heterocycles. The number of halogens is 1. The lowest BCUT2D eigenvalue weighted by Gasteiger charge is -2.32. The fourth-order valence-corrected chi connectivity index (χ4v) is 4.37. The number of benzene rings is 1. The minimum Gasteiger partial charge on any atom is -0.354 e. The summed E-state index contributed by atoms with van der Waals surface area (Å²) in [6, 6.07) is 11.6. The number of piperazine rings is 1. The van der Waals surface area contributed by atoms with Crippen LogP contribution in [0.3, 0.4) is 0 Å². The Kier molecular flexibility index (Phi) is 7.48. The van der Waals surface area contributed by atoms with E-state index in [4.69, 9.17) is 9.97 Å². The van der Waals surface area contributed by atoms with E-state index in [1.165, 1.54) is 11.8 Å². The first kappa shape index (κ1) is 22.8. The minimum atomic E-state index is -0.00245. The lowest BCUT2D eigenvalue weighted by molar-refractivity contribution is -0.115. The Morgan fingerprint density at radius 1 is 1.12 bits per heavy atom. The molecule has 3 N–H and O–H groups in total. The average molecular weight is 564 g/mol. The molecule has 9 nitrogen and oxygen atoms in total. The van der Waals surface area contributed by atoms with Gasteiger partial charge in [-0.25, -0.2) is 13.1 Å². The predicted molar refractivity (Wildman–Crippen MR) is 136 cm³/mol. The van der Waals surface area contributed by atoms with Crippen LogP contribution in [0.1, 0.15) is 19.0 Å². The molecule has 0 aliphatic carbocycles. The second kappa shape index (κ2) is 10.5. The van der Waals surface area contributed by atoms with Crippen molar-refractivity contribution in [1.82, 2.24) is 23.3 Å². The first-order valence-corrected chi connectivity index (χ1v) is 12.2. The molecular weight excluding hydrogens is 539 g/mol. The molecule has 1 aliphatic heterocycles. The second-order valence-electron chi connectivity index (χ2n) is 7.38. The second-order valence-corrected chi connectivity index (χ2v) is 9.79. The van der Waals surface area contributed by atoms with Crippen LogP contribution < -0.4 is 15.5 Å². The van der Waals surface area contributed by atoms with Crippen LogP contribution in [0.5, 0.6) is 0 Å². The van der Waals surface area contributed by atoms with Gasteiger partial charge in [0.15, 0.2) is 11.0 Å². The third kappa shape index (κ3) is 6.11. The van der Waals surface area contributed by atoms with Crippen LogP contribution in [-0.4, -0.2) is 55.4 Å². The average Bonchev–Trinajstić information content (AvgIpc) is 3.19. The summed E-state index contributed by atoms with van der Waals surface area (Å²) in [5.74, 6) is 2.31. The van der Waals surface area contributed by atoms with Crippen LogP contribution in [0.4, 0.5) is 23.1 Å². The van der Waals surface area contributed by atoms with E-state index < -0.39 is 0 Å². The molecule has 0 bridgehead atoms. The van der Waals surface area contributed by atoms with Gasteiger partial charge in [-0.2, -0.15) is 5.10 Å². The van der Waals surface area contributed by atoms with E-state index in [1.807, 2.05) is 50.2 Å². The monoisotopic (exact) mass is 564 g/mol. The SMILES string of the molecule is CCC(=O)Nc1ccc(Sc2nc(Nc3cc(C)[nH]n3)cc(N3CCN(I)CC3)n2)cc1. The van der Waals surface area contributed by atoms with Crippen LogP contribution in [0.2, 0.25) is 0 Å². The smallest absolute Gasteiger partial charge is 0.224 e. The zero-order valence-corrected chi connectivity index (χ0v) is 20.9. The Balaban J connectivity index is 1.56. The maximum Gasteiger partial charge on any atom is 0.224 e. The fraction of sp³-hybridized carbons (Fsp3) is 0.333. The first-order chi connectivity index (χ1) is 15.5. The number of aryl methyl sites for hydroxylation is 1. The molecule has 1 fully saturated rings. The normalized spacial score (nSPS) is 14.4. The molecular formula is C21H25IN8OS. The van der Waals surface area contributed by atoms with Gasteiger partial charge in [0.25, 0.3) is 0 Å². The predicted octanol–water partition coefficient (Wildman–Crippen LogP) is 4.22. The van der Waals surface area contributed by atoms with E-state index in [1.54, 1.807) is 0 Å². The van der Waals surface area contributed by atoms with Crippen molar-refractivity contribution in [3.63, 3.8) is 0 Å². The van der Waals surface area contributed by atoms with Crippen molar-refractivity contribution >= 4 is 63.7 Å². The minimum absolute atomic E-state index is 0.00245. The van der Waals surface area contributed by atoms with Gasteiger partial charge >= 0.3 is 0 Å². The highest BCUT2D eigenvalue weighted by atomic mass is 127. The number of carbonyl (C=O) groups is 1. The van der Waals surface area contributed by atoms with Gasteiger partial charge in [0, 0.05) is 83.9 Å². The molecule has 0 radical (unpaired) electrons. The number of aromatic nitrogens is 4. The number of aromatic amines is 1. The van der Waals surface area contributed by atoms with E-state index >= 15 is 0 Å². The molecule has 0 saturated carbocycles. The van der Waals surface area contributed by atoms with Crippen LogP contribution in [0, 0.1) is 6.92 Å². The number of nitrogens with zero attached hydrogens (tertiary/aromatic N) is 5. The molecule has 0 unspecified atom stereocenters. The zero-order chi connectivity index (χ0) is 22.5. The van der Waals surface area contributed by atoms with E-state index in [0.717, 1.165) is 54.1 Å². The molecule has 11 heteroatoms. The molecule has 3 aromatic rings. The molecule has 0 atom stereocenters. The third-order valence-electron chi connectivity index (χ3n) is 4.87. The number of nitrogens with one attached hydrogen (secondary N) is 3. The van der Waals surface area contributed by atoms with Crippen molar-refractivity contribution in [3.8, 4) is 0 Å². The highest BCUT2D eigenvalue weighted by molar-refractivity contribution is 14.1. The topological polar surface area (TPSA) is 102 Å². The van der Waals surface area contributed by atoms with Gasteiger partial charge in [-0.3, -0.25) is 9.89 Å². The molecule has 2 aromatic heterocycles. The molecule has 32 heavy (non-hydrogen) atoms. The molecule has 1 saturated heterocycles.